The van der Waals surface area contributed by atoms with Gasteiger partial charge in [-0.1, -0.05) is 35.5 Å². The van der Waals surface area contributed by atoms with Gasteiger partial charge in [-0.05, 0) is 20.0 Å². The second kappa shape index (κ2) is 6.80. The Morgan fingerprint density at radius 3 is 2.75 bits per heavy atom. The molecule has 1 amide bonds. The van der Waals surface area contributed by atoms with E-state index in [0.717, 1.165) is 12.1 Å². The van der Waals surface area contributed by atoms with Crippen molar-refractivity contribution in [2.45, 2.75) is 6.92 Å². The molecule has 6 heteroatoms. The zero-order chi connectivity index (χ0) is 17.1. The van der Waals surface area contributed by atoms with Crippen molar-refractivity contribution in [3.05, 3.63) is 47.7 Å². The molecule has 0 saturated heterocycles. The number of amides is 1. The first-order valence-electron chi connectivity index (χ1n) is 7.84. The SMILES string of the molecule is CNCCN(C)C(=O)c1cc(-c2ccccc2)nc2onc(C)c12. The highest BCUT2D eigenvalue weighted by Crippen LogP contribution is 2.27. The summed E-state index contributed by atoms with van der Waals surface area (Å²) in [6, 6.07) is 11.5. The lowest BCUT2D eigenvalue weighted by Crippen LogP contribution is -2.33. The van der Waals surface area contributed by atoms with E-state index >= 15 is 0 Å². The van der Waals surface area contributed by atoms with Gasteiger partial charge in [-0.3, -0.25) is 4.79 Å². The van der Waals surface area contributed by atoms with Gasteiger partial charge in [0.25, 0.3) is 11.6 Å². The summed E-state index contributed by atoms with van der Waals surface area (Å²) < 4.78 is 5.32. The molecule has 0 aliphatic rings. The molecular formula is C18H20N4O2. The maximum absolute atomic E-state index is 12.9. The molecule has 0 radical (unpaired) electrons. The monoisotopic (exact) mass is 324 g/mol. The largest absolute Gasteiger partial charge is 0.340 e. The van der Waals surface area contributed by atoms with Crippen LogP contribution in [0.5, 0.6) is 0 Å². The molecule has 1 aromatic carbocycles. The molecule has 0 bridgehead atoms. The number of nitrogens with zero attached hydrogens (tertiary/aromatic N) is 3. The van der Waals surface area contributed by atoms with Crippen LogP contribution in [-0.4, -0.2) is 48.1 Å². The van der Waals surface area contributed by atoms with Crippen LogP contribution in [0.2, 0.25) is 0 Å². The van der Waals surface area contributed by atoms with Crippen LogP contribution in [0.1, 0.15) is 16.1 Å². The highest BCUT2D eigenvalue weighted by atomic mass is 16.5. The van der Waals surface area contributed by atoms with Crippen LogP contribution in [-0.2, 0) is 0 Å². The van der Waals surface area contributed by atoms with Crippen LogP contribution >= 0.6 is 0 Å². The Bertz CT molecular complexity index is 858. The molecule has 3 rings (SSSR count). The Morgan fingerprint density at radius 1 is 1.29 bits per heavy atom. The quantitative estimate of drug-likeness (QED) is 0.781. The van der Waals surface area contributed by atoms with Crippen molar-refractivity contribution in [3.63, 3.8) is 0 Å². The summed E-state index contributed by atoms with van der Waals surface area (Å²) in [5.41, 5.74) is 3.25. The highest BCUT2D eigenvalue weighted by Gasteiger charge is 2.21. The van der Waals surface area contributed by atoms with Crippen molar-refractivity contribution >= 4 is 17.0 Å². The number of rotatable bonds is 5. The van der Waals surface area contributed by atoms with E-state index in [1.54, 1.807) is 11.9 Å². The minimum atomic E-state index is -0.0684. The summed E-state index contributed by atoms with van der Waals surface area (Å²) in [6.45, 7) is 3.16. The molecule has 0 aliphatic heterocycles. The third kappa shape index (κ3) is 3.00. The number of carbonyl (C=O) groups is 1. The smallest absolute Gasteiger partial charge is 0.259 e. The van der Waals surface area contributed by atoms with E-state index in [1.807, 2.05) is 50.4 Å². The van der Waals surface area contributed by atoms with Gasteiger partial charge in [0.15, 0.2) is 0 Å². The number of hydrogen-bond acceptors (Lipinski definition) is 5. The summed E-state index contributed by atoms with van der Waals surface area (Å²) >= 11 is 0. The number of pyridine rings is 1. The van der Waals surface area contributed by atoms with Crippen molar-refractivity contribution in [1.82, 2.24) is 20.4 Å². The molecule has 0 saturated carbocycles. The Labute approximate surface area is 140 Å². The number of aromatic nitrogens is 2. The van der Waals surface area contributed by atoms with Gasteiger partial charge >= 0.3 is 0 Å². The van der Waals surface area contributed by atoms with Crippen molar-refractivity contribution in [1.29, 1.82) is 0 Å². The van der Waals surface area contributed by atoms with Gasteiger partial charge in [0.2, 0.25) is 0 Å². The van der Waals surface area contributed by atoms with Crippen LogP contribution < -0.4 is 5.32 Å². The molecule has 1 N–H and O–H groups in total. The van der Waals surface area contributed by atoms with Crippen LogP contribution in [0, 0.1) is 6.92 Å². The maximum atomic E-state index is 12.9. The van der Waals surface area contributed by atoms with E-state index in [1.165, 1.54) is 0 Å². The van der Waals surface area contributed by atoms with E-state index in [2.05, 4.69) is 15.5 Å². The summed E-state index contributed by atoms with van der Waals surface area (Å²) in [6.07, 6.45) is 0. The average Bonchev–Trinajstić information content (AvgIpc) is 3.00. The van der Waals surface area contributed by atoms with Crippen LogP contribution in [0.3, 0.4) is 0 Å². The lowest BCUT2D eigenvalue weighted by molar-refractivity contribution is 0.0798. The summed E-state index contributed by atoms with van der Waals surface area (Å²) in [5, 5.41) is 7.70. The van der Waals surface area contributed by atoms with Gasteiger partial charge in [0.05, 0.1) is 22.3 Å². The van der Waals surface area contributed by atoms with E-state index in [4.69, 9.17) is 4.52 Å². The summed E-state index contributed by atoms with van der Waals surface area (Å²) in [5.74, 6) is -0.0684. The third-order valence-corrected chi connectivity index (χ3v) is 3.96. The normalized spacial score (nSPS) is 11.0. The first-order valence-corrected chi connectivity index (χ1v) is 7.84. The lowest BCUT2D eigenvalue weighted by atomic mass is 10.0. The average molecular weight is 324 g/mol. The first-order chi connectivity index (χ1) is 11.6. The number of nitrogens with one attached hydrogen (secondary N) is 1. The van der Waals surface area contributed by atoms with E-state index in [0.29, 0.717) is 34.6 Å². The molecule has 2 aromatic heterocycles. The molecule has 2 heterocycles. The van der Waals surface area contributed by atoms with Crippen molar-refractivity contribution < 1.29 is 9.32 Å². The fourth-order valence-corrected chi connectivity index (χ4v) is 2.61. The molecule has 0 spiro atoms. The minimum Gasteiger partial charge on any atom is -0.340 e. The van der Waals surface area contributed by atoms with Crippen LogP contribution in [0.4, 0.5) is 0 Å². The second-order valence-corrected chi connectivity index (χ2v) is 5.70. The molecule has 0 aliphatic carbocycles. The molecule has 0 fully saturated rings. The standard InChI is InChI=1S/C18H20N4O2/c1-12-16-14(18(23)22(3)10-9-19-2)11-15(20-17(16)24-21-12)13-7-5-4-6-8-13/h4-8,11,19H,9-10H2,1-3H3. The molecule has 6 nitrogen and oxygen atoms in total. The fraction of sp³-hybridized carbons (Fsp3) is 0.278. The van der Waals surface area contributed by atoms with Gasteiger partial charge in [-0.15, -0.1) is 0 Å². The van der Waals surface area contributed by atoms with Gasteiger partial charge in [0.1, 0.15) is 0 Å². The molecule has 0 atom stereocenters. The molecule has 24 heavy (non-hydrogen) atoms. The Morgan fingerprint density at radius 2 is 2.04 bits per heavy atom. The topological polar surface area (TPSA) is 71.3 Å². The third-order valence-electron chi connectivity index (χ3n) is 3.96. The fourth-order valence-electron chi connectivity index (χ4n) is 2.61. The van der Waals surface area contributed by atoms with E-state index in [9.17, 15) is 4.79 Å². The Balaban J connectivity index is 2.11. The van der Waals surface area contributed by atoms with Gasteiger partial charge in [0, 0.05) is 25.7 Å². The molecule has 124 valence electrons. The number of aryl methyl sites for hydroxylation is 1. The van der Waals surface area contributed by atoms with E-state index < -0.39 is 0 Å². The minimum absolute atomic E-state index is 0.0684. The zero-order valence-electron chi connectivity index (χ0n) is 14.0. The van der Waals surface area contributed by atoms with Gasteiger partial charge in [-0.25, -0.2) is 4.98 Å². The number of fused-ring (bicyclic) bond motifs is 1. The zero-order valence-corrected chi connectivity index (χ0v) is 14.0. The first kappa shape index (κ1) is 16.1. The number of carbonyl (C=O) groups excluding carboxylic acids is 1. The number of likely N-dealkylation sites (N-methyl/N-ethyl adjacent to an activating group) is 2. The maximum Gasteiger partial charge on any atom is 0.259 e. The van der Waals surface area contributed by atoms with E-state index in [-0.39, 0.29) is 5.91 Å². The number of hydrogen-bond donors (Lipinski definition) is 1. The molecule has 3 aromatic rings. The Kier molecular flexibility index (Phi) is 4.57. The predicted octanol–water partition coefficient (Wildman–Crippen LogP) is 2.49. The second-order valence-electron chi connectivity index (χ2n) is 5.70. The van der Waals surface area contributed by atoms with Crippen molar-refractivity contribution in [2.75, 3.05) is 27.2 Å². The number of benzene rings is 1. The van der Waals surface area contributed by atoms with Crippen LogP contribution in [0.15, 0.2) is 40.9 Å². The predicted molar refractivity (Wildman–Crippen MR) is 92.9 cm³/mol. The van der Waals surface area contributed by atoms with Gasteiger partial charge < -0.3 is 14.7 Å². The van der Waals surface area contributed by atoms with Crippen molar-refractivity contribution in [3.8, 4) is 11.3 Å². The van der Waals surface area contributed by atoms with Crippen LogP contribution in [0.25, 0.3) is 22.4 Å². The lowest BCUT2D eigenvalue weighted by Gasteiger charge is -2.17. The van der Waals surface area contributed by atoms with Gasteiger partial charge in [-0.2, -0.15) is 0 Å². The van der Waals surface area contributed by atoms with Crippen molar-refractivity contribution in [2.24, 2.45) is 0 Å². The highest BCUT2D eigenvalue weighted by molar-refractivity contribution is 6.06. The molecular weight excluding hydrogens is 304 g/mol. The summed E-state index contributed by atoms with van der Waals surface area (Å²) in [4.78, 5) is 19.1. The Hall–Kier alpha value is -2.73. The molecule has 0 unspecified atom stereocenters. The summed E-state index contributed by atoms with van der Waals surface area (Å²) in [7, 11) is 3.65.